The highest BCUT2D eigenvalue weighted by molar-refractivity contribution is 6.29. The fourth-order valence-corrected chi connectivity index (χ4v) is 3.26. The van der Waals surface area contributed by atoms with Crippen LogP contribution in [0.2, 0.25) is 5.15 Å². The number of nitrogens with zero attached hydrogens (tertiary/aromatic N) is 2. The highest BCUT2D eigenvalue weighted by atomic mass is 35.5. The SMILES string of the molecule is C[C@]1(c2ccnc(Cl)c2)CCCN1C(=O)OCc1ccccc1. The Bertz CT molecular complexity index is 692. The minimum Gasteiger partial charge on any atom is -0.445 e. The van der Waals surface area contributed by atoms with E-state index in [0.29, 0.717) is 11.7 Å². The molecule has 0 spiro atoms. The van der Waals surface area contributed by atoms with Crippen molar-refractivity contribution in [2.45, 2.75) is 31.9 Å². The summed E-state index contributed by atoms with van der Waals surface area (Å²) in [6.45, 7) is 3.02. The highest BCUT2D eigenvalue weighted by Crippen LogP contribution is 2.39. The van der Waals surface area contributed by atoms with Crippen molar-refractivity contribution < 1.29 is 9.53 Å². The second kappa shape index (κ2) is 6.59. The van der Waals surface area contributed by atoms with Crippen LogP contribution in [0.15, 0.2) is 48.7 Å². The fourth-order valence-electron chi connectivity index (χ4n) is 3.09. The molecule has 3 rings (SSSR count). The molecule has 4 nitrogen and oxygen atoms in total. The number of rotatable bonds is 3. The molecular weight excluding hydrogens is 312 g/mol. The van der Waals surface area contributed by atoms with E-state index < -0.39 is 5.54 Å². The predicted octanol–water partition coefficient (Wildman–Crippen LogP) is 4.38. The lowest BCUT2D eigenvalue weighted by Gasteiger charge is -2.35. The molecule has 0 saturated carbocycles. The Balaban J connectivity index is 1.74. The Morgan fingerprint density at radius 1 is 1.35 bits per heavy atom. The summed E-state index contributed by atoms with van der Waals surface area (Å²) in [5, 5.41) is 0.438. The standard InChI is InChI=1S/C18H19ClN2O2/c1-18(15-8-10-20-16(19)12-15)9-5-11-21(18)17(22)23-13-14-6-3-2-4-7-14/h2-4,6-8,10,12H,5,9,11,13H2,1H3/t18-/m1/s1. The Labute approximate surface area is 141 Å². The monoisotopic (exact) mass is 330 g/mol. The van der Waals surface area contributed by atoms with Gasteiger partial charge in [-0.15, -0.1) is 0 Å². The van der Waals surface area contributed by atoms with E-state index in [1.807, 2.05) is 42.5 Å². The third-order valence-electron chi connectivity index (χ3n) is 4.42. The van der Waals surface area contributed by atoms with Crippen molar-refractivity contribution in [2.75, 3.05) is 6.54 Å². The van der Waals surface area contributed by atoms with Gasteiger partial charge in [0.1, 0.15) is 11.8 Å². The van der Waals surface area contributed by atoms with Gasteiger partial charge in [-0.3, -0.25) is 4.90 Å². The maximum Gasteiger partial charge on any atom is 0.410 e. The van der Waals surface area contributed by atoms with E-state index in [1.165, 1.54) is 0 Å². The van der Waals surface area contributed by atoms with Gasteiger partial charge in [0.25, 0.3) is 0 Å². The Morgan fingerprint density at radius 2 is 2.13 bits per heavy atom. The molecule has 1 atom stereocenters. The largest absolute Gasteiger partial charge is 0.445 e. The van der Waals surface area contributed by atoms with Gasteiger partial charge in [-0.05, 0) is 43.0 Å². The number of carbonyl (C=O) groups excluding carboxylic acids is 1. The molecule has 1 aliphatic rings. The van der Waals surface area contributed by atoms with Crippen molar-refractivity contribution in [3.05, 3.63) is 64.9 Å². The Hall–Kier alpha value is -2.07. The molecule has 5 heteroatoms. The van der Waals surface area contributed by atoms with Crippen LogP contribution in [0.25, 0.3) is 0 Å². The van der Waals surface area contributed by atoms with Gasteiger partial charge in [0.15, 0.2) is 0 Å². The number of ether oxygens (including phenoxy) is 1. The molecule has 0 bridgehead atoms. The molecule has 0 radical (unpaired) electrons. The molecule has 0 unspecified atom stereocenters. The molecule has 1 aliphatic heterocycles. The van der Waals surface area contributed by atoms with E-state index in [4.69, 9.17) is 16.3 Å². The minimum atomic E-state index is -0.402. The summed E-state index contributed by atoms with van der Waals surface area (Å²) in [7, 11) is 0. The fraction of sp³-hybridized carbons (Fsp3) is 0.333. The van der Waals surface area contributed by atoms with Crippen molar-refractivity contribution in [1.82, 2.24) is 9.88 Å². The van der Waals surface area contributed by atoms with Crippen LogP contribution in [-0.2, 0) is 16.9 Å². The number of halogens is 1. The molecule has 0 N–H and O–H groups in total. The van der Waals surface area contributed by atoms with Gasteiger partial charge < -0.3 is 4.74 Å². The molecule has 2 aromatic rings. The minimum absolute atomic E-state index is 0.281. The zero-order valence-electron chi connectivity index (χ0n) is 13.0. The van der Waals surface area contributed by atoms with Crippen LogP contribution < -0.4 is 0 Å². The van der Waals surface area contributed by atoms with Crippen molar-refractivity contribution in [3.63, 3.8) is 0 Å². The van der Waals surface area contributed by atoms with Gasteiger partial charge in [0.05, 0.1) is 5.54 Å². The lowest BCUT2D eigenvalue weighted by Crippen LogP contribution is -2.43. The van der Waals surface area contributed by atoms with Gasteiger partial charge in [-0.2, -0.15) is 0 Å². The smallest absolute Gasteiger partial charge is 0.410 e. The van der Waals surface area contributed by atoms with Crippen LogP contribution in [0.5, 0.6) is 0 Å². The first-order valence-electron chi connectivity index (χ1n) is 7.70. The zero-order chi connectivity index (χ0) is 16.3. The normalized spacial score (nSPS) is 20.5. The van der Waals surface area contributed by atoms with Gasteiger partial charge in [0.2, 0.25) is 0 Å². The van der Waals surface area contributed by atoms with E-state index in [9.17, 15) is 4.79 Å². The quantitative estimate of drug-likeness (QED) is 0.784. The Kier molecular flexibility index (Phi) is 4.53. The van der Waals surface area contributed by atoms with Crippen LogP contribution >= 0.6 is 11.6 Å². The first-order valence-corrected chi connectivity index (χ1v) is 8.08. The molecule has 0 aliphatic carbocycles. The summed E-state index contributed by atoms with van der Waals surface area (Å²) in [4.78, 5) is 18.4. The van der Waals surface area contributed by atoms with E-state index in [0.717, 1.165) is 24.0 Å². The lowest BCUT2D eigenvalue weighted by atomic mass is 9.90. The number of carbonyl (C=O) groups is 1. The first-order chi connectivity index (χ1) is 11.1. The third kappa shape index (κ3) is 3.32. The second-order valence-electron chi connectivity index (χ2n) is 5.94. The molecule has 1 aromatic heterocycles. The molecule has 1 amide bonds. The van der Waals surface area contributed by atoms with E-state index in [1.54, 1.807) is 11.1 Å². The summed E-state index contributed by atoms with van der Waals surface area (Å²) in [5.41, 5.74) is 1.57. The topological polar surface area (TPSA) is 42.4 Å². The lowest BCUT2D eigenvalue weighted by molar-refractivity contribution is 0.0693. The molecule has 1 saturated heterocycles. The van der Waals surface area contributed by atoms with Crippen LogP contribution in [0.4, 0.5) is 4.79 Å². The molecule has 23 heavy (non-hydrogen) atoms. The van der Waals surface area contributed by atoms with Crippen molar-refractivity contribution >= 4 is 17.7 Å². The average Bonchev–Trinajstić information content (AvgIpc) is 2.97. The molecule has 1 fully saturated rings. The number of pyridine rings is 1. The van der Waals surface area contributed by atoms with Crippen molar-refractivity contribution in [3.8, 4) is 0 Å². The number of hydrogen-bond acceptors (Lipinski definition) is 3. The van der Waals surface area contributed by atoms with Crippen LogP contribution in [0.3, 0.4) is 0 Å². The predicted molar refractivity (Wildman–Crippen MR) is 89.2 cm³/mol. The molecule has 1 aromatic carbocycles. The summed E-state index contributed by atoms with van der Waals surface area (Å²) < 4.78 is 5.50. The third-order valence-corrected chi connectivity index (χ3v) is 4.62. The van der Waals surface area contributed by atoms with Gasteiger partial charge in [-0.1, -0.05) is 41.9 Å². The summed E-state index contributed by atoms with van der Waals surface area (Å²) >= 11 is 6.01. The first kappa shape index (κ1) is 15.8. The van der Waals surface area contributed by atoms with E-state index in [2.05, 4.69) is 11.9 Å². The van der Waals surface area contributed by atoms with Crippen LogP contribution in [0, 0.1) is 0 Å². The number of hydrogen-bond donors (Lipinski definition) is 0. The number of benzene rings is 1. The second-order valence-corrected chi connectivity index (χ2v) is 6.32. The summed E-state index contributed by atoms with van der Waals surface area (Å²) in [5.74, 6) is 0. The summed E-state index contributed by atoms with van der Waals surface area (Å²) in [6, 6.07) is 13.4. The summed E-state index contributed by atoms with van der Waals surface area (Å²) in [6.07, 6.45) is 3.21. The van der Waals surface area contributed by atoms with Crippen molar-refractivity contribution in [2.24, 2.45) is 0 Å². The Morgan fingerprint density at radius 3 is 2.87 bits per heavy atom. The van der Waals surface area contributed by atoms with Crippen LogP contribution in [0.1, 0.15) is 30.9 Å². The zero-order valence-corrected chi connectivity index (χ0v) is 13.8. The molecular formula is C18H19ClN2O2. The van der Waals surface area contributed by atoms with Gasteiger partial charge in [-0.25, -0.2) is 9.78 Å². The van der Waals surface area contributed by atoms with E-state index in [-0.39, 0.29) is 12.7 Å². The molecule has 2 heterocycles. The molecule has 120 valence electrons. The number of likely N-dealkylation sites (tertiary alicyclic amines) is 1. The average molecular weight is 331 g/mol. The van der Waals surface area contributed by atoms with Gasteiger partial charge in [0, 0.05) is 12.7 Å². The van der Waals surface area contributed by atoms with E-state index >= 15 is 0 Å². The van der Waals surface area contributed by atoms with Crippen molar-refractivity contribution in [1.29, 1.82) is 0 Å². The van der Waals surface area contributed by atoms with Crippen LogP contribution in [-0.4, -0.2) is 22.5 Å². The maximum absolute atomic E-state index is 12.5. The highest BCUT2D eigenvalue weighted by Gasteiger charge is 2.42. The van der Waals surface area contributed by atoms with Gasteiger partial charge >= 0.3 is 6.09 Å². The maximum atomic E-state index is 12.5. The number of aromatic nitrogens is 1. The number of amides is 1.